The van der Waals surface area contributed by atoms with Gasteiger partial charge < -0.3 is 11.1 Å². The molecule has 0 atom stereocenters. The zero-order valence-corrected chi connectivity index (χ0v) is 12.7. The van der Waals surface area contributed by atoms with Gasteiger partial charge in [-0.25, -0.2) is 0 Å². The van der Waals surface area contributed by atoms with Crippen LogP contribution in [0.5, 0.6) is 0 Å². The molecule has 1 aromatic rings. The molecular weight excluding hydrogens is 260 g/mol. The highest BCUT2D eigenvalue weighted by Gasteiger charge is 2.21. The molecule has 114 valence electrons. The fraction of sp³-hybridized carbons (Fsp3) is 0.588. The smallest absolute Gasteiger partial charge is 0.189 e. The van der Waals surface area contributed by atoms with Gasteiger partial charge in [-0.15, -0.1) is 0 Å². The second-order valence-electron chi connectivity index (χ2n) is 6.28. The van der Waals surface area contributed by atoms with Gasteiger partial charge in [-0.2, -0.15) is 0 Å². The molecule has 0 unspecified atom stereocenters. The van der Waals surface area contributed by atoms with E-state index in [4.69, 9.17) is 5.73 Å². The Labute approximate surface area is 127 Å². The average molecular weight is 286 g/mol. The van der Waals surface area contributed by atoms with Crippen molar-refractivity contribution in [1.29, 1.82) is 0 Å². The number of rotatable bonds is 4. The fourth-order valence-corrected chi connectivity index (χ4v) is 3.04. The van der Waals surface area contributed by atoms with Crippen molar-refractivity contribution in [3.8, 4) is 0 Å². The molecule has 2 aliphatic rings. The predicted octanol–water partition coefficient (Wildman–Crippen LogP) is 2.11. The van der Waals surface area contributed by atoms with Crippen LogP contribution in [0.25, 0.3) is 0 Å². The van der Waals surface area contributed by atoms with E-state index in [-0.39, 0.29) is 0 Å². The van der Waals surface area contributed by atoms with Crippen LogP contribution >= 0.6 is 0 Å². The van der Waals surface area contributed by atoms with Crippen LogP contribution in [0.4, 0.5) is 0 Å². The minimum absolute atomic E-state index is 0.393. The zero-order chi connectivity index (χ0) is 14.5. The monoisotopic (exact) mass is 286 g/mol. The number of nitrogens with zero attached hydrogens (tertiary/aromatic N) is 2. The van der Waals surface area contributed by atoms with Crippen molar-refractivity contribution in [2.24, 2.45) is 10.7 Å². The standard InChI is InChI=1S/C17H26N4/c18-17(19-15-7-4-8-15)20-16-9-11-21(12-10-16)13-14-5-2-1-3-6-14/h1-3,5-6,15-16H,4,7-13H2,(H3,18,19,20). The van der Waals surface area contributed by atoms with Crippen molar-refractivity contribution in [1.82, 2.24) is 10.2 Å². The topological polar surface area (TPSA) is 53.6 Å². The Kier molecular flexibility index (Phi) is 4.76. The van der Waals surface area contributed by atoms with E-state index in [2.05, 4.69) is 45.5 Å². The van der Waals surface area contributed by atoms with Crippen LogP contribution in [0.1, 0.15) is 37.7 Å². The second kappa shape index (κ2) is 6.94. The lowest BCUT2D eigenvalue weighted by Gasteiger charge is -2.31. The highest BCUT2D eigenvalue weighted by atomic mass is 15.2. The van der Waals surface area contributed by atoms with E-state index >= 15 is 0 Å². The molecule has 2 fully saturated rings. The summed E-state index contributed by atoms with van der Waals surface area (Å²) >= 11 is 0. The third-order valence-electron chi connectivity index (χ3n) is 4.58. The van der Waals surface area contributed by atoms with E-state index in [1.165, 1.54) is 24.8 Å². The number of guanidine groups is 1. The number of piperidine rings is 1. The summed E-state index contributed by atoms with van der Waals surface area (Å²) < 4.78 is 0. The molecular formula is C17H26N4. The summed E-state index contributed by atoms with van der Waals surface area (Å²) in [6, 6.07) is 11.7. The maximum absolute atomic E-state index is 6.00. The highest BCUT2D eigenvalue weighted by Crippen LogP contribution is 2.19. The molecule has 21 heavy (non-hydrogen) atoms. The van der Waals surface area contributed by atoms with Crippen LogP contribution in [0.15, 0.2) is 35.3 Å². The van der Waals surface area contributed by atoms with Crippen LogP contribution in [0, 0.1) is 0 Å². The number of nitrogens with two attached hydrogens (primary N) is 1. The van der Waals surface area contributed by atoms with E-state index in [1.807, 2.05) is 0 Å². The molecule has 0 amide bonds. The summed E-state index contributed by atoms with van der Waals surface area (Å²) in [6.07, 6.45) is 6.03. The largest absolute Gasteiger partial charge is 0.370 e. The Morgan fingerprint density at radius 1 is 1.14 bits per heavy atom. The molecule has 1 saturated heterocycles. The molecule has 1 aliphatic heterocycles. The molecule has 3 N–H and O–H groups in total. The Morgan fingerprint density at radius 3 is 2.48 bits per heavy atom. The van der Waals surface area contributed by atoms with Crippen molar-refractivity contribution >= 4 is 5.96 Å². The molecule has 1 aromatic carbocycles. The molecule has 4 heteroatoms. The van der Waals surface area contributed by atoms with Gasteiger partial charge >= 0.3 is 0 Å². The summed E-state index contributed by atoms with van der Waals surface area (Å²) in [5.74, 6) is 0.654. The molecule has 1 heterocycles. The number of hydrogen-bond acceptors (Lipinski definition) is 2. The highest BCUT2D eigenvalue weighted by molar-refractivity contribution is 5.78. The molecule has 0 radical (unpaired) electrons. The van der Waals surface area contributed by atoms with Crippen LogP contribution in [-0.2, 0) is 6.54 Å². The van der Waals surface area contributed by atoms with Crippen molar-refractivity contribution in [3.05, 3.63) is 35.9 Å². The quantitative estimate of drug-likeness (QED) is 0.658. The Balaban J connectivity index is 1.43. The van der Waals surface area contributed by atoms with Crippen LogP contribution in [0.3, 0.4) is 0 Å². The molecule has 0 bridgehead atoms. The van der Waals surface area contributed by atoms with Gasteiger partial charge in [-0.3, -0.25) is 9.89 Å². The summed E-state index contributed by atoms with van der Waals surface area (Å²) in [5.41, 5.74) is 7.39. The summed E-state index contributed by atoms with van der Waals surface area (Å²) in [6.45, 7) is 3.27. The van der Waals surface area contributed by atoms with Gasteiger partial charge in [0.1, 0.15) is 0 Å². The van der Waals surface area contributed by atoms with Crippen molar-refractivity contribution in [2.45, 2.75) is 50.7 Å². The van der Waals surface area contributed by atoms with Gasteiger partial charge in [0.15, 0.2) is 5.96 Å². The lowest BCUT2D eigenvalue weighted by Crippen LogP contribution is -2.45. The number of benzene rings is 1. The minimum atomic E-state index is 0.393. The molecule has 3 rings (SSSR count). The SMILES string of the molecule is NC(=NC1CCN(Cc2ccccc2)CC1)NC1CCC1. The maximum Gasteiger partial charge on any atom is 0.189 e. The third-order valence-corrected chi connectivity index (χ3v) is 4.58. The van der Waals surface area contributed by atoms with Crippen molar-refractivity contribution in [2.75, 3.05) is 13.1 Å². The van der Waals surface area contributed by atoms with E-state index in [9.17, 15) is 0 Å². The number of likely N-dealkylation sites (tertiary alicyclic amines) is 1. The van der Waals surface area contributed by atoms with E-state index in [0.717, 1.165) is 32.5 Å². The van der Waals surface area contributed by atoms with Crippen molar-refractivity contribution < 1.29 is 0 Å². The van der Waals surface area contributed by atoms with Gasteiger partial charge in [0.25, 0.3) is 0 Å². The molecule has 0 aromatic heterocycles. The Morgan fingerprint density at radius 2 is 1.86 bits per heavy atom. The first-order valence-electron chi connectivity index (χ1n) is 8.16. The van der Waals surface area contributed by atoms with Gasteiger partial charge in [-0.05, 0) is 37.7 Å². The average Bonchev–Trinajstić information content (AvgIpc) is 2.46. The predicted molar refractivity (Wildman–Crippen MR) is 87.1 cm³/mol. The second-order valence-corrected chi connectivity index (χ2v) is 6.28. The van der Waals surface area contributed by atoms with E-state index in [0.29, 0.717) is 18.0 Å². The molecule has 4 nitrogen and oxygen atoms in total. The first-order chi connectivity index (χ1) is 10.3. The normalized spacial score (nSPS) is 22.0. The minimum Gasteiger partial charge on any atom is -0.370 e. The van der Waals surface area contributed by atoms with E-state index in [1.54, 1.807) is 0 Å². The lowest BCUT2D eigenvalue weighted by atomic mass is 9.93. The van der Waals surface area contributed by atoms with Gasteiger partial charge in [0.2, 0.25) is 0 Å². The zero-order valence-electron chi connectivity index (χ0n) is 12.7. The third kappa shape index (κ3) is 4.21. The molecule has 0 spiro atoms. The van der Waals surface area contributed by atoms with E-state index < -0.39 is 0 Å². The van der Waals surface area contributed by atoms with Crippen LogP contribution in [-0.4, -0.2) is 36.0 Å². The first-order valence-corrected chi connectivity index (χ1v) is 8.16. The molecule has 1 aliphatic carbocycles. The summed E-state index contributed by atoms with van der Waals surface area (Å²) in [5, 5.41) is 3.33. The van der Waals surface area contributed by atoms with Crippen LogP contribution in [0.2, 0.25) is 0 Å². The number of nitrogens with one attached hydrogen (secondary N) is 1. The summed E-state index contributed by atoms with van der Waals surface area (Å²) in [4.78, 5) is 7.17. The van der Waals surface area contributed by atoms with Gasteiger partial charge in [-0.1, -0.05) is 30.3 Å². The maximum atomic E-state index is 6.00. The number of aliphatic imine (C=N–C) groups is 1. The summed E-state index contributed by atoms with van der Waals surface area (Å²) in [7, 11) is 0. The number of hydrogen-bond donors (Lipinski definition) is 2. The van der Waals surface area contributed by atoms with Crippen LogP contribution < -0.4 is 11.1 Å². The Bertz CT molecular complexity index is 459. The van der Waals surface area contributed by atoms with Gasteiger partial charge in [0.05, 0.1) is 6.04 Å². The van der Waals surface area contributed by atoms with Crippen molar-refractivity contribution in [3.63, 3.8) is 0 Å². The fourth-order valence-electron chi connectivity index (χ4n) is 3.04. The first kappa shape index (κ1) is 14.4. The molecule has 1 saturated carbocycles. The lowest BCUT2D eigenvalue weighted by molar-refractivity contribution is 0.206. The Hall–Kier alpha value is -1.55. The van der Waals surface area contributed by atoms with Gasteiger partial charge in [0, 0.05) is 25.7 Å².